The molecule has 9 heavy (non-hydrogen) atoms. The Balaban J connectivity index is 3.37. The van der Waals surface area contributed by atoms with Crippen molar-refractivity contribution >= 4 is 6.21 Å². The van der Waals surface area contributed by atoms with Crippen molar-refractivity contribution in [3.05, 3.63) is 12.2 Å². The maximum absolute atomic E-state index is 3.93. The fraction of sp³-hybridized carbons (Fsp3) is 0.625. The summed E-state index contributed by atoms with van der Waals surface area (Å²) in [5, 5.41) is 0. The minimum absolute atomic E-state index is 0.589. The van der Waals surface area contributed by atoms with E-state index in [9.17, 15) is 0 Å². The molecule has 0 aliphatic rings. The third-order valence-corrected chi connectivity index (χ3v) is 1.15. The van der Waals surface area contributed by atoms with Gasteiger partial charge in [0.1, 0.15) is 0 Å². The number of rotatable bonds is 3. The van der Waals surface area contributed by atoms with Crippen molar-refractivity contribution in [2.45, 2.75) is 20.3 Å². The molecule has 0 aromatic rings. The molecule has 0 bridgehead atoms. The van der Waals surface area contributed by atoms with Crippen molar-refractivity contribution in [2.24, 2.45) is 10.9 Å². The summed E-state index contributed by atoms with van der Waals surface area (Å²) in [6.07, 6.45) is 7.31. The minimum atomic E-state index is 0.589. The first-order chi connectivity index (χ1) is 4.31. The van der Waals surface area contributed by atoms with Crippen LogP contribution in [0.3, 0.4) is 0 Å². The summed E-state index contributed by atoms with van der Waals surface area (Å²) >= 11 is 0. The van der Waals surface area contributed by atoms with Gasteiger partial charge in [0.25, 0.3) is 0 Å². The third kappa shape index (κ3) is 5.28. The number of aliphatic imine (C=N–C) groups is 1. The fourth-order valence-electron chi connectivity index (χ4n) is 0.666. The first kappa shape index (κ1) is 8.41. The first-order valence-electron chi connectivity index (χ1n) is 3.34. The zero-order chi connectivity index (χ0) is 7.11. The van der Waals surface area contributed by atoms with Crippen LogP contribution in [0.25, 0.3) is 0 Å². The van der Waals surface area contributed by atoms with E-state index in [1.165, 1.54) is 0 Å². The molecule has 1 atom stereocenters. The Morgan fingerprint density at radius 2 is 2.22 bits per heavy atom. The van der Waals surface area contributed by atoms with Gasteiger partial charge in [-0.15, -0.1) is 0 Å². The summed E-state index contributed by atoms with van der Waals surface area (Å²) in [6.45, 7) is 4.20. The molecule has 0 radical (unpaired) electrons. The SMILES string of the molecule is C/C=C/CC(C)/C=N\C. The molecule has 0 saturated heterocycles. The lowest BCUT2D eigenvalue weighted by molar-refractivity contribution is 0.806. The van der Waals surface area contributed by atoms with Gasteiger partial charge < -0.3 is 4.99 Å². The average Bonchev–Trinajstić information content (AvgIpc) is 1.85. The van der Waals surface area contributed by atoms with E-state index in [2.05, 4.69) is 24.1 Å². The minimum Gasteiger partial charge on any atom is -0.301 e. The molecule has 0 saturated carbocycles. The monoisotopic (exact) mass is 125 g/mol. The molecule has 0 aromatic heterocycles. The van der Waals surface area contributed by atoms with E-state index in [4.69, 9.17) is 0 Å². The van der Waals surface area contributed by atoms with Crippen molar-refractivity contribution in [3.8, 4) is 0 Å². The summed E-state index contributed by atoms with van der Waals surface area (Å²) in [7, 11) is 1.81. The fourth-order valence-corrected chi connectivity index (χ4v) is 0.666. The molecule has 1 unspecified atom stereocenters. The van der Waals surface area contributed by atoms with Gasteiger partial charge in [0, 0.05) is 13.3 Å². The Hall–Kier alpha value is -0.590. The normalized spacial score (nSPS) is 15.4. The predicted octanol–water partition coefficient (Wildman–Crippen LogP) is 2.29. The maximum Gasteiger partial charge on any atom is 0.0273 e. The molecule has 0 fully saturated rings. The summed E-state index contributed by atoms with van der Waals surface area (Å²) < 4.78 is 0. The molecule has 0 amide bonds. The van der Waals surface area contributed by atoms with Crippen molar-refractivity contribution in [3.63, 3.8) is 0 Å². The van der Waals surface area contributed by atoms with Crippen LogP contribution in [0.1, 0.15) is 20.3 Å². The van der Waals surface area contributed by atoms with Gasteiger partial charge >= 0.3 is 0 Å². The second-order valence-corrected chi connectivity index (χ2v) is 2.19. The van der Waals surface area contributed by atoms with Crippen LogP contribution in [-0.4, -0.2) is 13.3 Å². The van der Waals surface area contributed by atoms with Gasteiger partial charge in [-0.2, -0.15) is 0 Å². The van der Waals surface area contributed by atoms with Crippen LogP contribution < -0.4 is 0 Å². The Morgan fingerprint density at radius 1 is 1.56 bits per heavy atom. The van der Waals surface area contributed by atoms with Gasteiger partial charge in [-0.05, 0) is 19.3 Å². The lowest BCUT2D eigenvalue weighted by atomic mass is 10.1. The van der Waals surface area contributed by atoms with E-state index in [-0.39, 0.29) is 0 Å². The van der Waals surface area contributed by atoms with Crippen molar-refractivity contribution in [1.82, 2.24) is 0 Å². The second-order valence-electron chi connectivity index (χ2n) is 2.19. The summed E-state index contributed by atoms with van der Waals surface area (Å²) in [4.78, 5) is 3.93. The Kier molecular flexibility index (Phi) is 5.18. The standard InChI is InChI=1S/C8H15N/c1-4-5-6-8(2)7-9-3/h4-5,7-8H,6H2,1-3H3/b5-4+,9-7-. The molecule has 0 aliphatic carbocycles. The molecule has 0 aromatic carbocycles. The van der Waals surface area contributed by atoms with E-state index in [1.807, 2.05) is 20.2 Å². The van der Waals surface area contributed by atoms with Crippen LogP contribution in [0.15, 0.2) is 17.1 Å². The smallest absolute Gasteiger partial charge is 0.0273 e. The molecule has 1 heteroatoms. The predicted molar refractivity (Wildman–Crippen MR) is 43.0 cm³/mol. The Labute approximate surface area is 57.5 Å². The van der Waals surface area contributed by atoms with Gasteiger partial charge in [0.15, 0.2) is 0 Å². The topological polar surface area (TPSA) is 12.4 Å². The average molecular weight is 125 g/mol. The van der Waals surface area contributed by atoms with Gasteiger partial charge in [-0.3, -0.25) is 0 Å². The zero-order valence-corrected chi connectivity index (χ0v) is 6.46. The summed E-state index contributed by atoms with van der Waals surface area (Å²) in [5.41, 5.74) is 0. The maximum atomic E-state index is 3.93. The second kappa shape index (κ2) is 5.54. The quantitative estimate of drug-likeness (QED) is 0.405. The van der Waals surface area contributed by atoms with E-state index in [1.54, 1.807) is 0 Å². The lowest BCUT2D eigenvalue weighted by Gasteiger charge is -1.96. The van der Waals surface area contributed by atoms with E-state index in [0.717, 1.165) is 6.42 Å². The van der Waals surface area contributed by atoms with E-state index in [0.29, 0.717) is 5.92 Å². The van der Waals surface area contributed by atoms with Gasteiger partial charge in [0.2, 0.25) is 0 Å². The Bertz CT molecular complexity index is 103. The van der Waals surface area contributed by atoms with Crippen LogP contribution in [0.4, 0.5) is 0 Å². The molecular formula is C8H15N. The highest BCUT2D eigenvalue weighted by atomic mass is 14.6. The van der Waals surface area contributed by atoms with Crippen LogP contribution in [-0.2, 0) is 0 Å². The van der Waals surface area contributed by atoms with Gasteiger partial charge in [-0.1, -0.05) is 19.1 Å². The largest absolute Gasteiger partial charge is 0.301 e. The summed E-state index contributed by atoms with van der Waals surface area (Å²) in [5.74, 6) is 0.589. The van der Waals surface area contributed by atoms with E-state index < -0.39 is 0 Å². The highest BCUT2D eigenvalue weighted by Gasteiger charge is 1.90. The highest BCUT2D eigenvalue weighted by molar-refractivity contribution is 5.60. The van der Waals surface area contributed by atoms with E-state index >= 15 is 0 Å². The number of hydrogen-bond donors (Lipinski definition) is 0. The van der Waals surface area contributed by atoms with Gasteiger partial charge in [-0.25, -0.2) is 0 Å². The summed E-state index contributed by atoms with van der Waals surface area (Å²) in [6, 6.07) is 0. The van der Waals surface area contributed by atoms with Gasteiger partial charge in [0.05, 0.1) is 0 Å². The lowest BCUT2D eigenvalue weighted by Crippen LogP contribution is -1.92. The molecule has 0 spiro atoms. The molecule has 0 heterocycles. The van der Waals surface area contributed by atoms with Crippen LogP contribution in [0.2, 0.25) is 0 Å². The zero-order valence-electron chi connectivity index (χ0n) is 6.46. The number of nitrogens with zero attached hydrogens (tertiary/aromatic N) is 1. The van der Waals surface area contributed by atoms with Crippen LogP contribution in [0.5, 0.6) is 0 Å². The molecule has 1 nitrogen and oxygen atoms in total. The van der Waals surface area contributed by atoms with Crippen molar-refractivity contribution < 1.29 is 0 Å². The highest BCUT2D eigenvalue weighted by Crippen LogP contribution is 1.98. The molecule has 52 valence electrons. The van der Waals surface area contributed by atoms with Crippen LogP contribution >= 0.6 is 0 Å². The molecule has 0 N–H and O–H groups in total. The number of hydrogen-bond acceptors (Lipinski definition) is 1. The first-order valence-corrected chi connectivity index (χ1v) is 3.34. The Morgan fingerprint density at radius 3 is 2.67 bits per heavy atom. The molecule has 0 aliphatic heterocycles. The van der Waals surface area contributed by atoms with Crippen molar-refractivity contribution in [2.75, 3.05) is 7.05 Å². The van der Waals surface area contributed by atoms with Crippen molar-refractivity contribution in [1.29, 1.82) is 0 Å². The number of allylic oxidation sites excluding steroid dienone is 2. The van der Waals surface area contributed by atoms with Crippen LogP contribution in [0, 0.1) is 5.92 Å². The molecular weight excluding hydrogens is 110 g/mol. The molecule has 0 rings (SSSR count). The third-order valence-electron chi connectivity index (χ3n) is 1.15.